The molecule has 0 fully saturated rings. The summed E-state index contributed by atoms with van der Waals surface area (Å²) >= 11 is 0. The van der Waals surface area contributed by atoms with E-state index in [1.807, 2.05) is 0 Å². The number of nitrogens with zero attached hydrogens (tertiary/aromatic N) is 1. The maximum atomic E-state index is 12.8. The predicted molar refractivity (Wildman–Crippen MR) is 85.3 cm³/mol. The van der Waals surface area contributed by atoms with Crippen LogP contribution in [0, 0.1) is 0 Å². The van der Waals surface area contributed by atoms with Crippen LogP contribution in [0.5, 0.6) is 5.75 Å². The van der Waals surface area contributed by atoms with Gasteiger partial charge in [-0.1, -0.05) is 0 Å². The minimum atomic E-state index is -3.79. The van der Waals surface area contributed by atoms with Gasteiger partial charge < -0.3 is 14.5 Å². The summed E-state index contributed by atoms with van der Waals surface area (Å²) in [6.45, 7) is 1.98. The summed E-state index contributed by atoms with van der Waals surface area (Å²) in [5.74, 6) is 0.00997. The average molecular weight is 338 g/mol. The number of ether oxygens (including phenoxy) is 2. The zero-order valence-electron chi connectivity index (χ0n) is 13.1. The Morgan fingerprint density at radius 1 is 1.22 bits per heavy atom. The van der Waals surface area contributed by atoms with E-state index in [-0.39, 0.29) is 17.1 Å². The molecule has 0 saturated heterocycles. The van der Waals surface area contributed by atoms with Gasteiger partial charge in [-0.2, -0.15) is 0 Å². The summed E-state index contributed by atoms with van der Waals surface area (Å²) < 4.78 is 36.4. The number of anilines is 1. The molecule has 124 valence electrons. The molecule has 2 aromatic rings. The van der Waals surface area contributed by atoms with Crippen LogP contribution in [0.3, 0.4) is 0 Å². The zero-order chi connectivity index (χ0) is 17.0. The Balaban J connectivity index is 2.38. The fourth-order valence-electron chi connectivity index (χ4n) is 2.12. The molecule has 2 rings (SSSR count). The third-order valence-electron chi connectivity index (χ3n) is 3.30. The van der Waals surface area contributed by atoms with Gasteiger partial charge in [-0.05, 0) is 37.3 Å². The normalized spacial score (nSPS) is 11.1. The van der Waals surface area contributed by atoms with E-state index in [0.717, 1.165) is 0 Å². The number of hydrogen-bond donors (Lipinski definition) is 1. The Morgan fingerprint density at radius 3 is 2.39 bits per heavy atom. The van der Waals surface area contributed by atoms with Crippen LogP contribution in [0.4, 0.5) is 5.69 Å². The molecule has 1 heterocycles. The molecule has 1 aromatic heterocycles. The smallest absolute Gasteiger partial charge is 0.354 e. The van der Waals surface area contributed by atoms with Crippen molar-refractivity contribution in [3.63, 3.8) is 0 Å². The van der Waals surface area contributed by atoms with Crippen LogP contribution in [0.1, 0.15) is 17.4 Å². The van der Waals surface area contributed by atoms with Crippen molar-refractivity contribution in [2.75, 3.05) is 25.1 Å². The second kappa shape index (κ2) is 6.74. The standard InChI is InChI=1S/C15H18N2O5S/c1-4-17(11-5-7-12(21-2)8-6-11)23(19,20)13-9-14(16-10-13)15(18)22-3/h5-10,16H,4H2,1-3H3. The van der Waals surface area contributed by atoms with Gasteiger partial charge in [0.1, 0.15) is 16.3 Å². The molecule has 0 unspecified atom stereocenters. The topological polar surface area (TPSA) is 88.7 Å². The summed E-state index contributed by atoms with van der Waals surface area (Å²) in [6.07, 6.45) is 1.27. The number of hydrogen-bond acceptors (Lipinski definition) is 5. The van der Waals surface area contributed by atoms with Gasteiger partial charge in [0.2, 0.25) is 0 Å². The molecule has 0 aliphatic rings. The number of esters is 1. The van der Waals surface area contributed by atoms with Gasteiger partial charge in [0.25, 0.3) is 10.0 Å². The second-order valence-electron chi connectivity index (χ2n) is 4.61. The third kappa shape index (κ3) is 3.31. The van der Waals surface area contributed by atoms with Crippen molar-refractivity contribution in [3.05, 3.63) is 42.2 Å². The van der Waals surface area contributed by atoms with Gasteiger partial charge in [-0.25, -0.2) is 13.2 Å². The minimum absolute atomic E-state index is 0.00410. The number of aromatic nitrogens is 1. The Bertz CT molecular complexity index is 780. The Morgan fingerprint density at radius 2 is 1.87 bits per heavy atom. The van der Waals surface area contributed by atoms with Gasteiger partial charge in [0.15, 0.2) is 0 Å². The number of benzene rings is 1. The first-order valence-corrected chi connectivity index (χ1v) is 8.31. The number of sulfonamides is 1. The molecule has 0 aliphatic carbocycles. The highest BCUT2D eigenvalue weighted by molar-refractivity contribution is 7.92. The number of carbonyl (C=O) groups is 1. The van der Waals surface area contributed by atoms with Crippen LogP contribution >= 0.6 is 0 Å². The van der Waals surface area contributed by atoms with E-state index >= 15 is 0 Å². The first kappa shape index (κ1) is 16.9. The van der Waals surface area contributed by atoms with Crippen LogP contribution in [0.2, 0.25) is 0 Å². The van der Waals surface area contributed by atoms with E-state index in [2.05, 4.69) is 9.72 Å². The predicted octanol–water partition coefficient (Wildman–Crippen LogP) is 2.03. The van der Waals surface area contributed by atoms with Gasteiger partial charge in [-0.15, -0.1) is 0 Å². The molecule has 7 nitrogen and oxygen atoms in total. The lowest BCUT2D eigenvalue weighted by Gasteiger charge is -2.22. The Kier molecular flexibility index (Phi) is 4.95. The molecular formula is C15H18N2O5S. The number of aromatic amines is 1. The first-order chi connectivity index (χ1) is 10.9. The number of rotatable bonds is 6. The summed E-state index contributed by atoms with van der Waals surface area (Å²) in [7, 11) is -1.02. The fourth-order valence-corrected chi connectivity index (χ4v) is 3.59. The molecule has 0 spiro atoms. The van der Waals surface area contributed by atoms with Crippen molar-refractivity contribution in [1.29, 1.82) is 0 Å². The molecule has 0 atom stereocenters. The molecule has 8 heteroatoms. The monoisotopic (exact) mass is 338 g/mol. The van der Waals surface area contributed by atoms with Crippen LogP contribution in [-0.2, 0) is 14.8 Å². The maximum absolute atomic E-state index is 12.8. The maximum Gasteiger partial charge on any atom is 0.354 e. The van der Waals surface area contributed by atoms with E-state index in [4.69, 9.17) is 4.74 Å². The molecule has 0 amide bonds. The number of methoxy groups -OCH3 is 2. The zero-order valence-corrected chi connectivity index (χ0v) is 13.9. The summed E-state index contributed by atoms with van der Waals surface area (Å²) in [4.78, 5) is 14.1. The minimum Gasteiger partial charge on any atom is -0.497 e. The van der Waals surface area contributed by atoms with Crippen molar-refractivity contribution in [1.82, 2.24) is 4.98 Å². The van der Waals surface area contributed by atoms with Crippen molar-refractivity contribution in [2.24, 2.45) is 0 Å². The van der Waals surface area contributed by atoms with Crippen molar-refractivity contribution >= 4 is 21.7 Å². The Hall–Kier alpha value is -2.48. The van der Waals surface area contributed by atoms with E-state index in [0.29, 0.717) is 11.4 Å². The molecule has 0 aliphatic heterocycles. The van der Waals surface area contributed by atoms with Crippen LogP contribution in [-0.4, -0.2) is 40.1 Å². The lowest BCUT2D eigenvalue weighted by atomic mass is 10.3. The number of carbonyl (C=O) groups excluding carboxylic acids is 1. The highest BCUT2D eigenvalue weighted by Crippen LogP contribution is 2.26. The quantitative estimate of drug-likeness (QED) is 0.814. The summed E-state index contributed by atoms with van der Waals surface area (Å²) in [5.41, 5.74) is 0.589. The summed E-state index contributed by atoms with van der Waals surface area (Å²) in [6, 6.07) is 7.95. The molecule has 1 aromatic carbocycles. The van der Waals surface area contributed by atoms with Crippen LogP contribution in [0.25, 0.3) is 0 Å². The molecule has 0 saturated carbocycles. The lowest BCUT2D eigenvalue weighted by molar-refractivity contribution is 0.0594. The highest BCUT2D eigenvalue weighted by Gasteiger charge is 2.26. The third-order valence-corrected chi connectivity index (χ3v) is 5.18. The van der Waals surface area contributed by atoms with Crippen molar-refractivity contribution in [2.45, 2.75) is 11.8 Å². The summed E-state index contributed by atoms with van der Waals surface area (Å²) in [5, 5.41) is 0. The SMILES string of the molecule is CCN(c1ccc(OC)cc1)S(=O)(=O)c1c[nH]c(C(=O)OC)c1. The van der Waals surface area contributed by atoms with Gasteiger partial charge >= 0.3 is 5.97 Å². The van der Waals surface area contributed by atoms with E-state index in [1.54, 1.807) is 31.2 Å². The largest absolute Gasteiger partial charge is 0.497 e. The van der Waals surface area contributed by atoms with Gasteiger partial charge in [-0.3, -0.25) is 4.31 Å². The van der Waals surface area contributed by atoms with Crippen LogP contribution < -0.4 is 9.04 Å². The fraction of sp³-hybridized carbons (Fsp3) is 0.267. The highest BCUT2D eigenvalue weighted by atomic mass is 32.2. The number of H-pyrrole nitrogens is 1. The van der Waals surface area contributed by atoms with Crippen molar-refractivity contribution in [3.8, 4) is 5.75 Å². The number of nitrogens with one attached hydrogen (secondary N) is 1. The van der Waals surface area contributed by atoms with Gasteiger partial charge in [0.05, 0.1) is 19.9 Å². The van der Waals surface area contributed by atoms with Gasteiger partial charge in [0, 0.05) is 12.7 Å². The van der Waals surface area contributed by atoms with Crippen LogP contribution in [0.15, 0.2) is 41.4 Å². The molecular weight excluding hydrogens is 320 g/mol. The average Bonchev–Trinajstić information content (AvgIpc) is 3.06. The Labute approximate surface area is 134 Å². The molecule has 23 heavy (non-hydrogen) atoms. The lowest BCUT2D eigenvalue weighted by Crippen LogP contribution is -2.30. The van der Waals surface area contributed by atoms with E-state index in [9.17, 15) is 13.2 Å². The van der Waals surface area contributed by atoms with E-state index in [1.165, 1.54) is 30.8 Å². The molecule has 0 bridgehead atoms. The second-order valence-corrected chi connectivity index (χ2v) is 6.47. The molecule has 0 radical (unpaired) electrons. The molecule has 1 N–H and O–H groups in total. The first-order valence-electron chi connectivity index (χ1n) is 6.87. The van der Waals surface area contributed by atoms with E-state index < -0.39 is 16.0 Å². The van der Waals surface area contributed by atoms with Crippen molar-refractivity contribution < 1.29 is 22.7 Å².